The van der Waals surface area contributed by atoms with Gasteiger partial charge in [0.15, 0.2) is 0 Å². The van der Waals surface area contributed by atoms with Crippen molar-refractivity contribution in [3.05, 3.63) is 29.8 Å². The van der Waals surface area contributed by atoms with Crippen molar-refractivity contribution in [2.45, 2.75) is 19.0 Å². The van der Waals surface area contributed by atoms with Crippen LogP contribution >= 0.6 is 0 Å². The molecule has 0 spiro atoms. The monoisotopic (exact) mass is 239 g/mol. The highest BCUT2D eigenvalue weighted by Crippen LogP contribution is 2.11. The highest BCUT2D eigenvalue weighted by Gasteiger charge is 2.25. The maximum atomic E-state index is 9.18. The van der Waals surface area contributed by atoms with Crippen LogP contribution in [0.4, 0.5) is 5.69 Å². The molecule has 4 N–H and O–H groups in total. The number of anilines is 1. The van der Waals surface area contributed by atoms with E-state index in [1.807, 2.05) is 26.3 Å². The molecule has 1 rings (SSSR count). The van der Waals surface area contributed by atoms with Crippen LogP contribution in [0.2, 0.25) is 0 Å². The van der Waals surface area contributed by atoms with Gasteiger partial charge in [-0.3, -0.25) is 0 Å². The molecule has 4 heteroatoms. The lowest BCUT2D eigenvalue weighted by atomic mass is 10.0. The predicted molar refractivity (Wildman–Crippen MR) is 69.0 cm³/mol. The lowest BCUT2D eigenvalue weighted by molar-refractivity contribution is -0.741. The number of aliphatic hydroxyl groups is 2. The molecule has 0 heterocycles. The molecule has 0 saturated carbocycles. The molecule has 0 saturated heterocycles. The summed E-state index contributed by atoms with van der Waals surface area (Å²) in [7, 11) is 4.02. The fourth-order valence-electron chi connectivity index (χ4n) is 1.47. The summed E-state index contributed by atoms with van der Waals surface area (Å²) in [4.78, 5) is 2.05. The fraction of sp³-hybridized carbons (Fsp3) is 0.538. The molecule has 4 nitrogen and oxygen atoms in total. The molecular weight excluding hydrogens is 216 g/mol. The minimum absolute atomic E-state index is 0.0285. The molecule has 0 fully saturated rings. The number of benzene rings is 1. The van der Waals surface area contributed by atoms with Gasteiger partial charge in [-0.25, -0.2) is 0 Å². The third kappa shape index (κ3) is 4.00. The normalized spacial score (nSPS) is 11.6. The van der Waals surface area contributed by atoms with Crippen LogP contribution < -0.4 is 10.2 Å². The van der Waals surface area contributed by atoms with Crippen molar-refractivity contribution in [1.29, 1.82) is 0 Å². The smallest absolute Gasteiger partial charge is 0.140 e. The summed E-state index contributed by atoms with van der Waals surface area (Å²) in [6, 6.07) is 8.28. The zero-order valence-electron chi connectivity index (χ0n) is 10.8. The van der Waals surface area contributed by atoms with Crippen LogP contribution in [0.5, 0.6) is 0 Å². The highest BCUT2D eigenvalue weighted by atomic mass is 16.3. The van der Waals surface area contributed by atoms with Crippen molar-refractivity contribution in [3.8, 4) is 0 Å². The topological polar surface area (TPSA) is 60.3 Å². The zero-order chi connectivity index (χ0) is 12.9. The van der Waals surface area contributed by atoms with Gasteiger partial charge in [-0.2, -0.15) is 0 Å². The van der Waals surface area contributed by atoms with Gasteiger partial charge in [0.05, 0.1) is 13.2 Å². The lowest BCUT2D eigenvalue weighted by Gasteiger charge is -2.22. The van der Waals surface area contributed by atoms with Gasteiger partial charge in [-0.05, 0) is 19.1 Å². The summed E-state index contributed by atoms with van der Waals surface area (Å²) < 4.78 is 0. The number of quaternary nitrogens is 1. The number of rotatable bonds is 6. The van der Waals surface area contributed by atoms with E-state index in [2.05, 4.69) is 29.2 Å². The van der Waals surface area contributed by atoms with E-state index in [-0.39, 0.29) is 13.2 Å². The molecule has 0 aromatic heterocycles. The standard InChI is InChI=1S/C13H22N2O2/c1-13(9-16,10-17)14-8-11-4-6-12(7-5-11)15(2)3/h4-7,14,16-17H,8-10H2,1-3H3/p+1. The van der Waals surface area contributed by atoms with Crippen molar-refractivity contribution in [2.24, 2.45) is 0 Å². The molecule has 96 valence electrons. The van der Waals surface area contributed by atoms with Crippen LogP contribution in [0.3, 0.4) is 0 Å². The Morgan fingerprint density at radius 2 is 1.65 bits per heavy atom. The van der Waals surface area contributed by atoms with Crippen molar-refractivity contribution in [1.82, 2.24) is 0 Å². The quantitative estimate of drug-likeness (QED) is 0.631. The first-order valence-corrected chi connectivity index (χ1v) is 5.83. The average molecular weight is 239 g/mol. The summed E-state index contributed by atoms with van der Waals surface area (Å²) in [5.74, 6) is 0. The van der Waals surface area contributed by atoms with Crippen LogP contribution in [-0.2, 0) is 6.54 Å². The maximum Gasteiger partial charge on any atom is 0.140 e. The molecule has 0 radical (unpaired) electrons. The predicted octanol–water partition coefficient (Wildman–Crippen LogP) is -0.441. The van der Waals surface area contributed by atoms with Gasteiger partial charge in [0.1, 0.15) is 12.1 Å². The fourth-order valence-corrected chi connectivity index (χ4v) is 1.47. The maximum absolute atomic E-state index is 9.18. The molecule has 0 atom stereocenters. The first-order valence-electron chi connectivity index (χ1n) is 5.83. The van der Waals surface area contributed by atoms with Gasteiger partial charge in [0.25, 0.3) is 0 Å². The number of hydrogen-bond acceptors (Lipinski definition) is 3. The van der Waals surface area contributed by atoms with E-state index in [0.717, 1.165) is 6.54 Å². The van der Waals surface area contributed by atoms with E-state index < -0.39 is 5.54 Å². The number of nitrogens with two attached hydrogens (primary N) is 1. The average Bonchev–Trinajstić information content (AvgIpc) is 2.36. The Morgan fingerprint density at radius 1 is 1.12 bits per heavy atom. The van der Waals surface area contributed by atoms with Crippen molar-refractivity contribution < 1.29 is 15.5 Å². The van der Waals surface area contributed by atoms with E-state index in [9.17, 15) is 10.2 Å². The molecular formula is C13H23N2O2+. The van der Waals surface area contributed by atoms with E-state index >= 15 is 0 Å². The van der Waals surface area contributed by atoms with Gasteiger partial charge in [-0.1, -0.05) is 12.1 Å². The molecule has 0 aliphatic carbocycles. The molecule has 1 aromatic rings. The molecule has 17 heavy (non-hydrogen) atoms. The highest BCUT2D eigenvalue weighted by molar-refractivity contribution is 5.45. The van der Waals surface area contributed by atoms with E-state index in [4.69, 9.17) is 0 Å². The summed E-state index contributed by atoms with van der Waals surface area (Å²) in [5.41, 5.74) is 1.85. The van der Waals surface area contributed by atoms with Gasteiger partial charge in [0.2, 0.25) is 0 Å². The molecule has 0 amide bonds. The Kier molecular flexibility index (Phi) is 4.93. The van der Waals surface area contributed by atoms with Crippen LogP contribution in [0.25, 0.3) is 0 Å². The molecule has 1 aromatic carbocycles. The zero-order valence-corrected chi connectivity index (χ0v) is 10.8. The summed E-state index contributed by atoms with van der Waals surface area (Å²) in [5, 5.41) is 20.3. The third-order valence-electron chi connectivity index (χ3n) is 3.01. The molecule has 0 unspecified atom stereocenters. The van der Waals surface area contributed by atoms with Crippen molar-refractivity contribution in [2.75, 3.05) is 32.2 Å². The van der Waals surface area contributed by atoms with Crippen molar-refractivity contribution >= 4 is 5.69 Å². The second kappa shape index (κ2) is 6.00. The van der Waals surface area contributed by atoms with E-state index in [1.165, 1.54) is 11.3 Å². The van der Waals surface area contributed by atoms with E-state index in [1.54, 1.807) is 0 Å². The summed E-state index contributed by atoms with van der Waals surface area (Å²) in [6.45, 7) is 2.55. The second-order valence-electron chi connectivity index (χ2n) is 4.94. The van der Waals surface area contributed by atoms with Crippen LogP contribution in [0.1, 0.15) is 12.5 Å². The minimum Gasteiger partial charge on any atom is -0.390 e. The second-order valence-corrected chi connectivity index (χ2v) is 4.94. The van der Waals surface area contributed by atoms with Crippen molar-refractivity contribution in [3.63, 3.8) is 0 Å². The molecule has 0 aliphatic rings. The van der Waals surface area contributed by atoms with Gasteiger partial charge in [-0.15, -0.1) is 0 Å². The van der Waals surface area contributed by atoms with Gasteiger partial charge >= 0.3 is 0 Å². The Morgan fingerprint density at radius 3 is 2.06 bits per heavy atom. The van der Waals surface area contributed by atoms with Crippen LogP contribution in [0, 0.1) is 0 Å². The Balaban J connectivity index is 2.58. The van der Waals surface area contributed by atoms with Crippen LogP contribution in [-0.4, -0.2) is 43.1 Å². The van der Waals surface area contributed by atoms with Crippen LogP contribution in [0.15, 0.2) is 24.3 Å². The van der Waals surface area contributed by atoms with E-state index in [0.29, 0.717) is 0 Å². The van der Waals surface area contributed by atoms with Gasteiger partial charge in [0, 0.05) is 25.3 Å². The lowest BCUT2D eigenvalue weighted by Crippen LogP contribution is -2.97. The van der Waals surface area contributed by atoms with Gasteiger partial charge < -0.3 is 20.4 Å². The Hall–Kier alpha value is -1.10. The third-order valence-corrected chi connectivity index (χ3v) is 3.01. The number of hydrogen-bond donors (Lipinski definition) is 3. The molecule has 0 aliphatic heterocycles. The SMILES string of the molecule is CN(C)c1ccc(C[NH2+]C(C)(CO)CO)cc1. The largest absolute Gasteiger partial charge is 0.390 e. The number of aliphatic hydroxyl groups excluding tert-OH is 2. The summed E-state index contributed by atoms with van der Waals surface area (Å²) >= 11 is 0. The Bertz CT molecular complexity index is 332. The minimum atomic E-state index is -0.500. The number of nitrogens with zero attached hydrogens (tertiary/aromatic N) is 1. The first kappa shape index (κ1) is 14.0. The molecule has 0 bridgehead atoms. The summed E-state index contributed by atoms with van der Waals surface area (Å²) in [6.07, 6.45) is 0. The first-order chi connectivity index (χ1) is 8.00. The Labute approximate surface area is 103 Å².